The van der Waals surface area contributed by atoms with E-state index in [4.69, 9.17) is 5.11 Å². The van der Waals surface area contributed by atoms with Crippen molar-refractivity contribution >= 4 is 11.8 Å². The van der Waals surface area contributed by atoms with Crippen LogP contribution in [-0.2, 0) is 12.8 Å². The fraction of sp³-hybridized carbons (Fsp3) is 0.571. The maximum absolute atomic E-state index is 9.08. The van der Waals surface area contributed by atoms with Gasteiger partial charge in [0.05, 0.1) is 6.61 Å². The Balaban J connectivity index is 1.83. The predicted octanol–water partition coefficient (Wildman–Crippen LogP) is 2.24. The number of thioether (sulfide) groups is 1. The molecule has 0 aliphatic heterocycles. The summed E-state index contributed by atoms with van der Waals surface area (Å²) in [4.78, 5) is 1.37. The predicted molar refractivity (Wildman–Crippen MR) is 73.7 cm³/mol. The van der Waals surface area contributed by atoms with Crippen LogP contribution in [0.3, 0.4) is 0 Å². The smallest absolute Gasteiger partial charge is 0.0584 e. The van der Waals surface area contributed by atoms with Crippen molar-refractivity contribution < 1.29 is 5.11 Å². The third-order valence-electron chi connectivity index (χ3n) is 3.43. The molecule has 2 rings (SSSR count). The van der Waals surface area contributed by atoms with Crippen LogP contribution in [0.2, 0.25) is 0 Å². The van der Waals surface area contributed by atoms with E-state index in [1.165, 1.54) is 29.7 Å². The number of fused-ring (bicyclic) bond motifs is 1. The molecular formula is C14H21NOS. The third kappa shape index (κ3) is 3.47. The molecule has 1 aliphatic rings. The minimum atomic E-state index is 0.223. The average molecular weight is 251 g/mol. The van der Waals surface area contributed by atoms with Gasteiger partial charge in [-0.1, -0.05) is 6.07 Å². The van der Waals surface area contributed by atoms with Crippen molar-refractivity contribution in [3.8, 4) is 0 Å². The Hall–Kier alpha value is -0.510. The SMILES string of the molecule is CNC(CO)CCSc1ccc2c(c1)CCC2. The number of hydrogen-bond acceptors (Lipinski definition) is 3. The summed E-state index contributed by atoms with van der Waals surface area (Å²) >= 11 is 1.89. The van der Waals surface area contributed by atoms with Crippen molar-refractivity contribution in [2.24, 2.45) is 0 Å². The average Bonchev–Trinajstić information content (AvgIpc) is 2.82. The fourth-order valence-electron chi connectivity index (χ4n) is 2.28. The molecule has 94 valence electrons. The molecule has 1 aromatic rings. The van der Waals surface area contributed by atoms with Gasteiger partial charge in [0.25, 0.3) is 0 Å². The maximum atomic E-state index is 9.08. The molecule has 0 heterocycles. The van der Waals surface area contributed by atoms with Gasteiger partial charge in [0.2, 0.25) is 0 Å². The molecular weight excluding hydrogens is 230 g/mol. The highest BCUT2D eigenvalue weighted by Crippen LogP contribution is 2.27. The number of aliphatic hydroxyl groups excluding tert-OH is 1. The molecule has 3 heteroatoms. The number of aryl methyl sites for hydroxylation is 2. The third-order valence-corrected chi connectivity index (χ3v) is 4.46. The van der Waals surface area contributed by atoms with Crippen LogP contribution in [0.15, 0.2) is 23.1 Å². The Morgan fingerprint density at radius 1 is 1.35 bits per heavy atom. The molecule has 2 nitrogen and oxygen atoms in total. The summed E-state index contributed by atoms with van der Waals surface area (Å²) in [5.74, 6) is 1.06. The number of nitrogens with one attached hydrogen (secondary N) is 1. The minimum absolute atomic E-state index is 0.223. The topological polar surface area (TPSA) is 32.3 Å². The van der Waals surface area contributed by atoms with E-state index < -0.39 is 0 Å². The molecule has 0 radical (unpaired) electrons. The summed E-state index contributed by atoms with van der Waals surface area (Å²) in [7, 11) is 1.90. The number of likely N-dealkylation sites (N-methyl/N-ethyl adjacent to an activating group) is 1. The summed E-state index contributed by atoms with van der Waals surface area (Å²) in [6, 6.07) is 7.10. The second-order valence-corrected chi connectivity index (χ2v) is 5.76. The quantitative estimate of drug-likeness (QED) is 0.761. The van der Waals surface area contributed by atoms with Gasteiger partial charge in [0, 0.05) is 10.9 Å². The van der Waals surface area contributed by atoms with Gasteiger partial charge >= 0.3 is 0 Å². The summed E-state index contributed by atoms with van der Waals surface area (Å²) in [6.45, 7) is 0.223. The van der Waals surface area contributed by atoms with Crippen molar-refractivity contribution in [2.45, 2.75) is 36.6 Å². The summed E-state index contributed by atoms with van der Waals surface area (Å²) in [6.07, 6.45) is 4.83. The van der Waals surface area contributed by atoms with Gasteiger partial charge in [-0.3, -0.25) is 0 Å². The van der Waals surface area contributed by atoms with Gasteiger partial charge in [-0.15, -0.1) is 11.8 Å². The molecule has 1 aromatic carbocycles. The molecule has 1 aliphatic carbocycles. The van der Waals surface area contributed by atoms with Crippen LogP contribution in [0.4, 0.5) is 0 Å². The highest BCUT2D eigenvalue weighted by Gasteiger charge is 2.11. The van der Waals surface area contributed by atoms with E-state index in [9.17, 15) is 0 Å². The largest absolute Gasteiger partial charge is 0.395 e. The van der Waals surface area contributed by atoms with E-state index in [-0.39, 0.29) is 12.6 Å². The minimum Gasteiger partial charge on any atom is -0.395 e. The van der Waals surface area contributed by atoms with Crippen LogP contribution < -0.4 is 5.32 Å². The zero-order chi connectivity index (χ0) is 12.1. The second-order valence-electron chi connectivity index (χ2n) is 4.59. The van der Waals surface area contributed by atoms with E-state index >= 15 is 0 Å². The van der Waals surface area contributed by atoms with Crippen LogP contribution in [0.25, 0.3) is 0 Å². The first-order valence-corrected chi connectivity index (χ1v) is 7.34. The Bertz CT molecular complexity index is 363. The number of benzene rings is 1. The molecule has 1 atom stereocenters. The zero-order valence-electron chi connectivity index (χ0n) is 10.4. The summed E-state index contributed by atoms with van der Waals surface area (Å²) in [5.41, 5.74) is 3.08. The van der Waals surface area contributed by atoms with Crippen molar-refractivity contribution in [1.29, 1.82) is 0 Å². The second kappa shape index (κ2) is 6.43. The Labute approximate surface area is 108 Å². The Morgan fingerprint density at radius 3 is 2.94 bits per heavy atom. The lowest BCUT2D eigenvalue weighted by molar-refractivity contribution is 0.246. The van der Waals surface area contributed by atoms with Crippen molar-refractivity contribution in [3.05, 3.63) is 29.3 Å². The monoisotopic (exact) mass is 251 g/mol. The maximum Gasteiger partial charge on any atom is 0.0584 e. The van der Waals surface area contributed by atoms with Gasteiger partial charge in [-0.05, 0) is 61.7 Å². The van der Waals surface area contributed by atoms with Crippen molar-refractivity contribution in [2.75, 3.05) is 19.4 Å². The molecule has 0 spiro atoms. The molecule has 17 heavy (non-hydrogen) atoms. The first-order chi connectivity index (χ1) is 8.33. The van der Waals surface area contributed by atoms with E-state index in [2.05, 4.69) is 23.5 Å². The molecule has 0 saturated carbocycles. The lowest BCUT2D eigenvalue weighted by atomic mass is 10.1. The van der Waals surface area contributed by atoms with Crippen LogP contribution >= 0.6 is 11.8 Å². The van der Waals surface area contributed by atoms with Crippen molar-refractivity contribution in [3.63, 3.8) is 0 Å². The van der Waals surface area contributed by atoms with Gasteiger partial charge in [0.1, 0.15) is 0 Å². The Kier molecular flexibility index (Phi) is 4.89. The van der Waals surface area contributed by atoms with Crippen LogP contribution in [0.5, 0.6) is 0 Å². The van der Waals surface area contributed by atoms with E-state index in [1.807, 2.05) is 18.8 Å². The number of aliphatic hydroxyl groups is 1. The van der Waals surface area contributed by atoms with Crippen LogP contribution in [0.1, 0.15) is 24.0 Å². The first-order valence-electron chi connectivity index (χ1n) is 6.36. The Morgan fingerprint density at radius 2 is 2.18 bits per heavy atom. The standard InChI is InChI=1S/C14H21NOS/c1-15-13(10-16)7-8-17-14-6-5-11-3-2-4-12(11)9-14/h5-6,9,13,15-16H,2-4,7-8,10H2,1H3. The highest BCUT2D eigenvalue weighted by molar-refractivity contribution is 7.99. The normalized spacial score (nSPS) is 15.9. The van der Waals surface area contributed by atoms with Crippen LogP contribution in [0, 0.1) is 0 Å². The lowest BCUT2D eigenvalue weighted by Gasteiger charge is -2.12. The van der Waals surface area contributed by atoms with Crippen molar-refractivity contribution in [1.82, 2.24) is 5.32 Å². The molecule has 0 aromatic heterocycles. The first kappa shape index (κ1) is 12.9. The van der Waals surface area contributed by atoms with Gasteiger partial charge < -0.3 is 10.4 Å². The molecule has 0 saturated heterocycles. The van der Waals surface area contributed by atoms with Gasteiger partial charge in [-0.25, -0.2) is 0 Å². The van der Waals surface area contributed by atoms with E-state index in [1.54, 1.807) is 5.56 Å². The zero-order valence-corrected chi connectivity index (χ0v) is 11.2. The van der Waals surface area contributed by atoms with E-state index in [0.717, 1.165) is 12.2 Å². The molecule has 0 fully saturated rings. The van der Waals surface area contributed by atoms with Crippen LogP contribution in [-0.4, -0.2) is 30.6 Å². The number of rotatable bonds is 6. The summed E-state index contributed by atoms with van der Waals surface area (Å²) < 4.78 is 0. The fourth-order valence-corrected chi connectivity index (χ4v) is 3.31. The molecule has 0 bridgehead atoms. The van der Waals surface area contributed by atoms with Gasteiger partial charge in [-0.2, -0.15) is 0 Å². The number of hydrogen-bond donors (Lipinski definition) is 2. The summed E-state index contributed by atoms with van der Waals surface area (Å²) in [5, 5.41) is 12.2. The molecule has 2 N–H and O–H groups in total. The van der Waals surface area contributed by atoms with E-state index in [0.29, 0.717) is 0 Å². The lowest BCUT2D eigenvalue weighted by Crippen LogP contribution is -2.29. The molecule has 0 amide bonds. The highest BCUT2D eigenvalue weighted by atomic mass is 32.2. The van der Waals surface area contributed by atoms with Gasteiger partial charge in [0.15, 0.2) is 0 Å². The molecule has 1 unspecified atom stereocenters.